The highest BCUT2D eigenvalue weighted by Crippen LogP contribution is 2.13. The molecule has 0 bridgehead atoms. The van der Waals surface area contributed by atoms with Crippen LogP contribution in [-0.4, -0.2) is 19.6 Å². The topological polar surface area (TPSA) is 73.3 Å². The largest absolute Gasteiger partial charge is 0.431 e. The molecule has 6 nitrogen and oxygen atoms in total. The molecule has 0 aliphatic carbocycles. The number of rotatable bonds is 0. The van der Waals surface area contributed by atoms with Crippen LogP contribution in [-0.2, 0) is 0 Å². The standard InChI is InChI=1S/C10H8N4O2/c1-5-8-7(3-4-16-9(8)15)14-10(11-5)12-6(2)13-14/h3-4H,1-2H3. The molecule has 3 aromatic heterocycles. The van der Waals surface area contributed by atoms with Crippen molar-refractivity contribution in [2.45, 2.75) is 13.8 Å². The average Bonchev–Trinajstić information content (AvgIpc) is 2.58. The van der Waals surface area contributed by atoms with Crippen molar-refractivity contribution >= 4 is 16.7 Å². The van der Waals surface area contributed by atoms with Crippen molar-refractivity contribution in [1.29, 1.82) is 0 Å². The van der Waals surface area contributed by atoms with Crippen molar-refractivity contribution < 1.29 is 4.42 Å². The van der Waals surface area contributed by atoms with E-state index in [1.807, 2.05) is 0 Å². The molecule has 16 heavy (non-hydrogen) atoms. The van der Waals surface area contributed by atoms with Gasteiger partial charge in [0.2, 0.25) is 0 Å². The summed E-state index contributed by atoms with van der Waals surface area (Å²) in [6.07, 6.45) is 1.35. The summed E-state index contributed by atoms with van der Waals surface area (Å²) >= 11 is 0. The summed E-state index contributed by atoms with van der Waals surface area (Å²) in [5.41, 5.74) is 0.862. The van der Waals surface area contributed by atoms with Gasteiger partial charge in [0.05, 0.1) is 17.5 Å². The minimum absolute atomic E-state index is 0.405. The number of aryl methyl sites for hydroxylation is 2. The Labute approximate surface area is 89.6 Å². The molecule has 0 aliphatic rings. The van der Waals surface area contributed by atoms with Crippen LogP contribution in [0.3, 0.4) is 0 Å². The van der Waals surface area contributed by atoms with E-state index in [0.29, 0.717) is 28.2 Å². The molecule has 3 heterocycles. The monoisotopic (exact) mass is 216 g/mol. The molecular formula is C10H8N4O2. The zero-order valence-electron chi connectivity index (χ0n) is 8.76. The van der Waals surface area contributed by atoms with Crippen molar-refractivity contribution in [3.05, 3.63) is 34.3 Å². The predicted octanol–water partition coefficient (Wildman–Crippen LogP) is 0.848. The van der Waals surface area contributed by atoms with Gasteiger partial charge in [0.15, 0.2) is 0 Å². The first-order chi connectivity index (χ1) is 7.66. The van der Waals surface area contributed by atoms with Crippen molar-refractivity contribution in [3.63, 3.8) is 0 Å². The maximum Gasteiger partial charge on any atom is 0.347 e. The van der Waals surface area contributed by atoms with Crippen LogP contribution in [0.5, 0.6) is 0 Å². The van der Waals surface area contributed by atoms with Gasteiger partial charge < -0.3 is 4.42 Å². The molecule has 80 valence electrons. The first-order valence-electron chi connectivity index (χ1n) is 4.78. The van der Waals surface area contributed by atoms with Crippen LogP contribution in [0.2, 0.25) is 0 Å². The lowest BCUT2D eigenvalue weighted by Crippen LogP contribution is -2.06. The minimum Gasteiger partial charge on any atom is -0.431 e. The summed E-state index contributed by atoms with van der Waals surface area (Å²) < 4.78 is 6.37. The van der Waals surface area contributed by atoms with Crippen molar-refractivity contribution in [3.8, 4) is 0 Å². The molecule has 0 spiro atoms. The molecule has 3 rings (SSSR count). The van der Waals surface area contributed by atoms with E-state index in [2.05, 4.69) is 15.1 Å². The Balaban J connectivity index is 2.69. The smallest absolute Gasteiger partial charge is 0.347 e. The molecule has 0 unspecified atom stereocenters. The Bertz CT molecular complexity index is 756. The lowest BCUT2D eigenvalue weighted by Gasteiger charge is -2.00. The van der Waals surface area contributed by atoms with Crippen LogP contribution in [0.15, 0.2) is 21.5 Å². The fourth-order valence-electron chi connectivity index (χ4n) is 1.76. The van der Waals surface area contributed by atoms with E-state index in [0.717, 1.165) is 0 Å². The average molecular weight is 216 g/mol. The van der Waals surface area contributed by atoms with Gasteiger partial charge in [-0.3, -0.25) is 0 Å². The first-order valence-corrected chi connectivity index (χ1v) is 4.78. The van der Waals surface area contributed by atoms with E-state index in [-0.39, 0.29) is 0 Å². The highest BCUT2D eigenvalue weighted by Gasteiger charge is 2.11. The maximum absolute atomic E-state index is 11.6. The van der Waals surface area contributed by atoms with Crippen LogP contribution in [0.4, 0.5) is 0 Å². The predicted molar refractivity (Wildman–Crippen MR) is 56.3 cm³/mol. The second-order valence-electron chi connectivity index (χ2n) is 3.54. The van der Waals surface area contributed by atoms with Crippen molar-refractivity contribution in [2.75, 3.05) is 0 Å². The number of hydrogen-bond acceptors (Lipinski definition) is 5. The normalized spacial score (nSPS) is 11.4. The van der Waals surface area contributed by atoms with E-state index < -0.39 is 5.63 Å². The van der Waals surface area contributed by atoms with Crippen molar-refractivity contribution in [2.24, 2.45) is 0 Å². The second kappa shape index (κ2) is 2.88. The Hall–Kier alpha value is -2.24. The quantitative estimate of drug-likeness (QED) is 0.557. The van der Waals surface area contributed by atoms with Gasteiger partial charge in [0.1, 0.15) is 11.2 Å². The van der Waals surface area contributed by atoms with Crippen LogP contribution in [0.25, 0.3) is 16.7 Å². The van der Waals surface area contributed by atoms with Crippen LogP contribution >= 0.6 is 0 Å². The number of hydrogen-bond donors (Lipinski definition) is 0. The van der Waals surface area contributed by atoms with Gasteiger partial charge in [-0.25, -0.2) is 9.78 Å². The molecule has 0 fully saturated rings. The fourth-order valence-corrected chi connectivity index (χ4v) is 1.76. The molecule has 0 aliphatic heterocycles. The molecule has 6 heteroatoms. The molecule has 0 saturated heterocycles. The van der Waals surface area contributed by atoms with Crippen LogP contribution < -0.4 is 5.63 Å². The zero-order valence-corrected chi connectivity index (χ0v) is 8.76. The number of nitrogens with zero attached hydrogens (tertiary/aromatic N) is 4. The van der Waals surface area contributed by atoms with Gasteiger partial charge in [-0.1, -0.05) is 0 Å². The summed E-state index contributed by atoms with van der Waals surface area (Å²) in [7, 11) is 0. The Morgan fingerprint density at radius 3 is 2.94 bits per heavy atom. The van der Waals surface area contributed by atoms with Crippen molar-refractivity contribution in [1.82, 2.24) is 19.6 Å². The first kappa shape index (κ1) is 9.02. The van der Waals surface area contributed by atoms with E-state index >= 15 is 0 Å². The Morgan fingerprint density at radius 1 is 1.31 bits per heavy atom. The molecule has 0 N–H and O–H groups in total. The van der Waals surface area contributed by atoms with Gasteiger partial charge in [0.25, 0.3) is 5.78 Å². The minimum atomic E-state index is -0.405. The Morgan fingerprint density at radius 2 is 2.12 bits per heavy atom. The molecule has 0 amide bonds. The van der Waals surface area contributed by atoms with E-state index in [1.54, 1.807) is 24.4 Å². The van der Waals surface area contributed by atoms with E-state index in [1.165, 1.54) is 6.26 Å². The highest BCUT2D eigenvalue weighted by molar-refractivity contribution is 5.81. The molecule has 0 radical (unpaired) electrons. The molecule has 0 atom stereocenters. The lowest BCUT2D eigenvalue weighted by molar-refractivity contribution is 0.518. The number of fused-ring (bicyclic) bond motifs is 3. The third kappa shape index (κ3) is 1.06. The summed E-state index contributed by atoms with van der Waals surface area (Å²) in [5.74, 6) is 1.11. The van der Waals surface area contributed by atoms with Crippen LogP contribution in [0, 0.1) is 13.8 Å². The fraction of sp³-hybridized carbons (Fsp3) is 0.200. The second-order valence-corrected chi connectivity index (χ2v) is 3.54. The lowest BCUT2D eigenvalue weighted by atomic mass is 10.2. The van der Waals surface area contributed by atoms with Gasteiger partial charge >= 0.3 is 5.63 Å². The van der Waals surface area contributed by atoms with Gasteiger partial charge in [-0.15, -0.1) is 5.10 Å². The van der Waals surface area contributed by atoms with Crippen LogP contribution in [0.1, 0.15) is 11.5 Å². The van der Waals surface area contributed by atoms with E-state index in [4.69, 9.17) is 4.42 Å². The van der Waals surface area contributed by atoms with Gasteiger partial charge in [0, 0.05) is 6.07 Å². The third-order valence-corrected chi connectivity index (χ3v) is 2.41. The summed E-state index contributed by atoms with van der Waals surface area (Å²) in [4.78, 5) is 20.0. The zero-order chi connectivity index (χ0) is 11.3. The molecule has 0 saturated carbocycles. The van der Waals surface area contributed by atoms with E-state index in [9.17, 15) is 4.79 Å². The number of aromatic nitrogens is 4. The van der Waals surface area contributed by atoms with Gasteiger partial charge in [-0.2, -0.15) is 9.50 Å². The summed E-state index contributed by atoms with van der Waals surface area (Å²) in [6.45, 7) is 3.53. The van der Waals surface area contributed by atoms with Gasteiger partial charge in [-0.05, 0) is 13.8 Å². The third-order valence-electron chi connectivity index (χ3n) is 2.41. The Kier molecular flexibility index (Phi) is 1.62. The molecule has 0 aromatic carbocycles. The molecule has 3 aromatic rings. The summed E-state index contributed by atoms with van der Waals surface area (Å²) in [6, 6.07) is 1.69. The summed E-state index contributed by atoms with van der Waals surface area (Å²) in [5, 5.41) is 4.63. The highest BCUT2D eigenvalue weighted by atomic mass is 16.4. The SMILES string of the molecule is Cc1nc2nc(C)c3c(=O)occc3n2n1. The molecular weight excluding hydrogens is 208 g/mol. The maximum atomic E-state index is 11.6.